The SMILES string of the molecule is CCN=C(NCC)N1CCC(C(=O)OC)CC1.I. The maximum atomic E-state index is 11.4. The number of guanidine groups is 1. The highest BCUT2D eigenvalue weighted by Gasteiger charge is 2.26. The Bertz CT molecular complexity index is 276. The van der Waals surface area contributed by atoms with Crippen molar-refractivity contribution in [3.05, 3.63) is 0 Å². The predicted octanol–water partition coefficient (Wildman–Crippen LogP) is 1.47. The van der Waals surface area contributed by atoms with Gasteiger partial charge >= 0.3 is 5.97 Å². The number of hydrogen-bond donors (Lipinski definition) is 1. The molecule has 0 radical (unpaired) electrons. The molecule has 0 spiro atoms. The first-order valence-corrected chi connectivity index (χ1v) is 6.34. The van der Waals surface area contributed by atoms with E-state index in [0.717, 1.165) is 45.0 Å². The summed E-state index contributed by atoms with van der Waals surface area (Å²) in [5, 5.41) is 3.27. The van der Waals surface area contributed by atoms with Gasteiger partial charge in [-0.3, -0.25) is 9.79 Å². The smallest absolute Gasteiger partial charge is 0.308 e. The molecule has 0 amide bonds. The van der Waals surface area contributed by atoms with Crippen molar-refractivity contribution in [3.63, 3.8) is 0 Å². The van der Waals surface area contributed by atoms with Crippen molar-refractivity contribution < 1.29 is 9.53 Å². The average molecular weight is 369 g/mol. The fourth-order valence-electron chi connectivity index (χ4n) is 2.07. The van der Waals surface area contributed by atoms with E-state index in [0.29, 0.717) is 0 Å². The molecule has 6 heteroatoms. The first-order chi connectivity index (χ1) is 8.22. The highest BCUT2D eigenvalue weighted by Crippen LogP contribution is 2.18. The third-order valence-electron chi connectivity index (χ3n) is 2.97. The summed E-state index contributed by atoms with van der Waals surface area (Å²) in [6.07, 6.45) is 1.70. The van der Waals surface area contributed by atoms with Crippen molar-refractivity contribution in [1.82, 2.24) is 10.2 Å². The van der Waals surface area contributed by atoms with Crippen LogP contribution in [-0.2, 0) is 9.53 Å². The zero-order chi connectivity index (χ0) is 12.7. The minimum Gasteiger partial charge on any atom is -0.469 e. The molecule has 1 N–H and O–H groups in total. The van der Waals surface area contributed by atoms with Crippen LogP contribution in [-0.4, -0.2) is 50.1 Å². The Labute approximate surface area is 126 Å². The molecule has 5 nitrogen and oxygen atoms in total. The van der Waals surface area contributed by atoms with E-state index in [-0.39, 0.29) is 35.9 Å². The summed E-state index contributed by atoms with van der Waals surface area (Å²) >= 11 is 0. The third-order valence-corrected chi connectivity index (χ3v) is 2.97. The molecule has 1 aliphatic heterocycles. The highest BCUT2D eigenvalue weighted by atomic mass is 127. The number of methoxy groups -OCH3 is 1. The number of piperidine rings is 1. The average Bonchev–Trinajstić information content (AvgIpc) is 2.38. The van der Waals surface area contributed by atoms with Crippen LogP contribution in [0, 0.1) is 5.92 Å². The molecule has 1 rings (SSSR count). The molecule has 0 aromatic heterocycles. The van der Waals surface area contributed by atoms with Crippen molar-refractivity contribution in [1.29, 1.82) is 0 Å². The summed E-state index contributed by atoms with van der Waals surface area (Å²) in [5.74, 6) is 0.932. The lowest BCUT2D eigenvalue weighted by atomic mass is 9.97. The van der Waals surface area contributed by atoms with Crippen LogP contribution in [0.4, 0.5) is 0 Å². The first-order valence-electron chi connectivity index (χ1n) is 6.34. The van der Waals surface area contributed by atoms with Crippen LogP contribution in [0.1, 0.15) is 26.7 Å². The number of likely N-dealkylation sites (tertiary alicyclic amines) is 1. The molecule has 18 heavy (non-hydrogen) atoms. The second-order valence-electron chi connectivity index (χ2n) is 4.11. The molecule has 0 unspecified atom stereocenters. The minimum atomic E-state index is -0.0814. The summed E-state index contributed by atoms with van der Waals surface area (Å²) in [4.78, 5) is 18.1. The van der Waals surface area contributed by atoms with Crippen LogP contribution < -0.4 is 5.32 Å². The van der Waals surface area contributed by atoms with Crippen LogP contribution in [0.25, 0.3) is 0 Å². The van der Waals surface area contributed by atoms with Gasteiger partial charge in [0, 0.05) is 26.2 Å². The Morgan fingerprint density at radius 3 is 2.44 bits per heavy atom. The van der Waals surface area contributed by atoms with Gasteiger partial charge in [0.1, 0.15) is 0 Å². The van der Waals surface area contributed by atoms with E-state index in [1.165, 1.54) is 7.11 Å². The van der Waals surface area contributed by atoms with E-state index >= 15 is 0 Å². The van der Waals surface area contributed by atoms with Gasteiger partial charge in [-0.05, 0) is 26.7 Å². The lowest BCUT2D eigenvalue weighted by molar-refractivity contribution is -0.146. The summed E-state index contributed by atoms with van der Waals surface area (Å²) in [6, 6.07) is 0. The summed E-state index contributed by atoms with van der Waals surface area (Å²) in [5.41, 5.74) is 0. The number of rotatable bonds is 3. The van der Waals surface area contributed by atoms with Gasteiger partial charge in [0.2, 0.25) is 0 Å². The van der Waals surface area contributed by atoms with Gasteiger partial charge < -0.3 is 15.0 Å². The Balaban J connectivity index is 0.00000289. The van der Waals surface area contributed by atoms with Crippen molar-refractivity contribution in [2.24, 2.45) is 10.9 Å². The van der Waals surface area contributed by atoms with Crippen molar-refractivity contribution in [3.8, 4) is 0 Å². The van der Waals surface area contributed by atoms with Crippen LogP contribution >= 0.6 is 24.0 Å². The fraction of sp³-hybridized carbons (Fsp3) is 0.833. The molecule has 0 bridgehead atoms. The fourth-order valence-corrected chi connectivity index (χ4v) is 2.07. The standard InChI is InChI=1S/C12H23N3O2.HI/c1-4-13-12(14-5-2)15-8-6-10(7-9-15)11(16)17-3;/h10H,4-9H2,1-3H3,(H,13,14);1H. The number of aliphatic imine (C=N–C) groups is 1. The second-order valence-corrected chi connectivity index (χ2v) is 4.11. The second kappa shape index (κ2) is 9.41. The van der Waals surface area contributed by atoms with E-state index in [1.807, 2.05) is 6.92 Å². The summed E-state index contributed by atoms with van der Waals surface area (Å²) < 4.78 is 4.78. The Morgan fingerprint density at radius 1 is 1.39 bits per heavy atom. The van der Waals surface area contributed by atoms with E-state index in [9.17, 15) is 4.79 Å². The molecule has 0 saturated carbocycles. The number of halogens is 1. The topological polar surface area (TPSA) is 53.9 Å². The van der Waals surface area contributed by atoms with Crippen LogP contribution in [0.5, 0.6) is 0 Å². The van der Waals surface area contributed by atoms with Crippen molar-refractivity contribution >= 4 is 35.9 Å². The quantitative estimate of drug-likeness (QED) is 0.354. The molecule has 0 aliphatic carbocycles. The van der Waals surface area contributed by atoms with Gasteiger partial charge in [0.15, 0.2) is 5.96 Å². The lowest BCUT2D eigenvalue weighted by Gasteiger charge is -2.33. The third kappa shape index (κ3) is 4.99. The Hall–Kier alpha value is -0.530. The predicted molar refractivity (Wildman–Crippen MR) is 83.4 cm³/mol. The molecule has 1 fully saturated rings. The number of ether oxygens (including phenoxy) is 1. The minimum absolute atomic E-state index is 0. The summed E-state index contributed by atoms with van der Waals surface area (Å²) in [6.45, 7) is 7.47. The molecule has 106 valence electrons. The van der Waals surface area contributed by atoms with Gasteiger partial charge in [-0.25, -0.2) is 0 Å². The molecular formula is C12H24IN3O2. The maximum Gasteiger partial charge on any atom is 0.308 e. The molecule has 1 aliphatic rings. The number of hydrogen-bond acceptors (Lipinski definition) is 3. The molecule has 0 atom stereocenters. The molecule has 1 saturated heterocycles. The number of nitrogens with zero attached hydrogens (tertiary/aromatic N) is 2. The van der Waals surface area contributed by atoms with Gasteiger partial charge in [-0.15, -0.1) is 24.0 Å². The zero-order valence-electron chi connectivity index (χ0n) is 11.4. The normalized spacial score (nSPS) is 17.1. The molecule has 0 aromatic carbocycles. The van der Waals surface area contributed by atoms with Gasteiger partial charge in [0.05, 0.1) is 13.0 Å². The lowest BCUT2D eigenvalue weighted by Crippen LogP contribution is -2.46. The molecule has 1 heterocycles. The maximum absolute atomic E-state index is 11.4. The Morgan fingerprint density at radius 2 is 2.00 bits per heavy atom. The number of carbonyl (C=O) groups excluding carboxylic acids is 1. The monoisotopic (exact) mass is 369 g/mol. The first kappa shape index (κ1) is 17.5. The summed E-state index contributed by atoms with van der Waals surface area (Å²) in [7, 11) is 1.46. The van der Waals surface area contributed by atoms with Crippen LogP contribution in [0.3, 0.4) is 0 Å². The number of carbonyl (C=O) groups is 1. The van der Waals surface area contributed by atoms with E-state index in [4.69, 9.17) is 4.74 Å². The van der Waals surface area contributed by atoms with E-state index < -0.39 is 0 Å². The van der Waals surface area contributed by atoms with Gasteiger partial charge in [-0.2, -0.15) is 0 Å². The van der Waals surface area contributed by atoms with Gasteiger partial charge in [0.25, 0.3) is 0 Å². The van der Waals surface area contributed by atoms with E-state index in [1.54, 1.807) is 0 Å². The van der Waals surface area contributed by atoms with Gasteiger partial charge in [-0.1, -0.05) is 0 Å². The van der Waals surface area contributed by atoms with E-state index in [2.05, 4.69) is 22.1 Å². The van der Waals surface area contributed by atoms with Crippen molar-refractivity contribution in [2.75, 3.05) is 33.3 Å². The largest absolute Gasteiger partial charge is 0.469 e. The van der Waals surface area contributed by atoms with Crippen LogP contribution in [0.2, 0.25) is 0 Å². The Kier molecular flexibility index (Phi) is 9.13. The number of nitrogens with one attached hydrogen (secondary N) is 1. The highest BCUT2D eigenvalue weighted by molar-refractivity contribution is 14.0. The molecular weight excluding hydrogens is 345 g/mol. The molecule has 0 aromatic rings. The van der Waals surface area contributed by atoms with Crippen LogP contribution in [0.15, 0.2) is 4.99 Å². The zero-order valence-corrected chi connectivity index (χ0v) is 13.8. The number of esters is 1. The van der Waals surface area contributed by atoms with Crippen molar-refractivity contribution in [2.45, 2.75) is 26.7 Å².